The van der Waals surface area contributed by atoms with Crippen LogP contribution in [-0.2, 0) is 9.47 Å². The van der Waals surface area contributed by atoms with Crippen LogP contribution in [0, 0.1) is 0 Å². The largest absolute Gasteiger partial charge is 0.509 e. The van der Waals surface area contributed by atoms with E-state index in [1.54, 1.807) is 0 Å². The average Bonchev–Trinajstić information content (AvgIpc) is 2.94. The fourth-order valence-electron chi connectivity index (χ4n) is 2.76. The molecule has 0 spiro atoms. The molecular weight excluding hydrogens is 268 g/mol. The smallest absolute Gasteiger partial charge is 0.403 e. The lowest BCUT2D eigenvalue weighted by molar-refractivity contribution is -0.407. The normalized spacial score (nSPS) is 15.7. The maximum atomic E-state index is 5.79. The summed E-state index contributed by atoms with van der Waals surface area (Å²) in [4.78, 5) is 0. The Kier molecular flexibility index (Phi) is 2.58. The van der Waals surface area contributed by atoms with Gasteiger partial charge in [-0.3, -0.25) is 9.47 Å². The molecule has 0 aliphatic carbocycles. The highest BCUT2D eigenvalue weighted by atomic mass is 17.0. The van der Waals surface area contributed by atoms with Crippen molar-refractivity contribution in [2.24, 2.45) is 0 Å². The van der Waals surface area contributed by atoms with E-state index in [-0.39, 0.29) is 0 Å². The van der Waals surface area contributed by atoms with Gasteiger partial charge >= 0.3 is 6.16 Å². The molecular formula is C17H14O4. The van der Waals surface area contributed by atoms with Crippen molar-refractivity contribution in [2.45, 2.75) is 6.16 Å². The second-order valence-electron chi connectivity index (χ2n) is 4.89. The van der Waals surface area contributed by atoms with Crippen LogP contribution in [0.15, 0.2) is 48.5 Å². The third kappa shape index (κ3) is 1.70. The average molecular weight is 282 g/mol. The van der Waals surface area contributed by atoms with Crippen molar-refractivity contribution in [1.29, 1.82) is 0 Å². The maximum absolute atomic E-state index is 5.79. The molecule has 4 heteroatoms. The second-order valence-corrected chi connectivity index (χ2v) is 4.89. The van der Waals surface area contributed by atoms with E-state index in [1.807, 2.05) is 30.3 Å². The third-order valence-corrected chi connectivity index (χ3v) is 3.80. The van der Waals surface area contributed by atoms with E-state index in [1.165, 1.54) is 25.0 Å². The van der Waals surface area contributed by atoms with Crippen molar-refractivity contribution in [3.05, 3.63) is 48.5 Å². The molecule has 0 radical (unpaired) electrons. The van der Waals surface area contributed by atoms with Crippen molar-refractivity contribution >= 4 is 21.5 Å². The number of hydrogen-bond donors (Lipinski definition) is 0. The van der Waals surface area contributed by atoms with Crippen LogP contribution >= 0.6 is 0 Å². The highest BCUT2D eigenvalue weighted by Gasteiger charge is 2.44. The molecule has 0 fully saturated rings. The lowest BCUT2D eigenvalue weighted by atomic mass is 10.0. The summed E-state index contributed by atoms with van der Waals surface area (Å²) < 4.78 is 21.8. The molecule has 1 aliphatic heterocycles. The Hall–Kier alpha value is -2.30. The molecule has 0 unspecified atom stereocenters. The Morgan fingerprint density at radius 1 is 0.762 bits per heavy atom. The Morgan fingerprint density at radius 2 is 1.52 bits per heavy atom. The summed E-state index contributed by atoms with van der Waals surface area (Å²) in [6.45, 7) is 0. The summed E-state index contributed by atoms with van der Waals surface area (Å²) in [7, 11) is 2.96. The Labute approximate surface area is 121 Å². The van der Waals surface area contributed by atoms with Crippen molar-refractivity contribution in [2.75, 3.05) is 14.2 Å². The molecule has 0 saturated carbocycles. The van der Waals surface area contributed by atoms with Crippen LogP contribution in [0.25, 0.3) is 21.5 Å². The Morgan fingerprint density at radius 3 is 2.33 bits per heavy atom. The van der Waals surface area contributed by atoms with Crippen LogP contribution in [0.3, 0.4) is 0 Å². The van der Waals surface area contributed by atoms with Crippen LogP contribution in [-0.4, -0.2) is 20.4 Å². The SMILES string of the molecule is COC1(OC)Oc2ccc3c(ccc4ccccc43)c2O1. The maximum Gasteiger partial charge on any atom is 0.509 e. The molecule has 3 aromatic rings. The number of methoxy groups -OCH3 is 2. The van der Waals surface area contributed by atoms with Gasteiger partial charge in [0.25, 0.3) is 0 Å². The van der Waals surface area contributed by atoms with E-state index < -0.39 is 6.16 Å². The van der Waals surface area contributed by atoms with Gasteiger partial charge in [-0.1, -0.05) is 30.3 Å². The minimum Gasteiger partial charge on any atom is -0.403 e. The zero-order valence-electron chi connectivity index (χ0n) is 11.8. The highest BCUT2D eigenvalue weighted by Crippen LogP contribution is 2.46. The molecule has 0 atom stereocenters. The van der Waals surface area contributed by atoms with Crippen molar-refractivity contribution in [3.8, 4) is 11.5 Å². The second kappa shape index (κ2) is 4.35. The molecule has 0 N–H and O–H groups in total. The topological polar surface area (TPSA) is 36.9 Å². The minimum absolute atomic E-state index is 0.612. The van der Waals surface area contributed by atoms with Crippen LogP contribution in [0.2, 0.25) is 0 Å². The molecule has 106 valence electrons. The molecule has 1 heterocycles. The summed E-state index contributed by atoms with van der Waals surface area (Å²) in [5, 5.41) is 4.45. The number of ether oxygens (including phenoxy) is 4. The lowest BCUT2D eigenvalue weighted by Gasteiger charge is -2.21. The monoisotopic (exact) mass is 282 g/mol. The van der Waals surface area contributed by atoms with Crippen molar-refractivity contribution < 1.29 is 18.9 Å². The third-order valence-electron chi connectivity index (χ3n) is 3.80. The van der Waals surface area contributed by atoms with E-state index in [4.69, 9.17) is 18.9 Å². The van der Waals surface area contributed by atoms with Gasteiger partial charge in [0.05, 0.1) is 0 Å². The predicted octanol–water partition coefficient (Wildman–Crippen LogP) is 3.67. The van der Waals surface area contributed by atoms with Gasteiger partial charge in [-0.15, -0.1) is 0 Å². The van der Waals surface area contributed by atoms with Gasteiger partial charge in [-0.2, -0.15) is 0 Å². The van der Waals surface area contributed by atoms with Gasteiger partial charge in [-0.25, -0.2) is 0 Å². The summed E-state index contributed by atoms with van der Waals surface area (Å²) in [5.74, 6) is 1.25. The van der Waals surface area contributed by atoms with Gasteiger partial charge in [-0.05, 0) is 34.4 Å². The van der Waals surface area contributed by atoms with E-state index in [0.717, 1.165) is 10.8 Å². The fraction of sp³-hybridized carbons (Fsp3) is 0.176. The molecule has 21 heavy (non-hydrogen) atoms. The van der Waals surface area contributed by atoms with E-state index in [9.17, 15) is 0 Å². The molecule has 4 nitrogen and oxygen atoms in total. The van der Waals surface area contributed by atoms with Crippen molar-refractivity contribution in [3.63, 3.8) is 0 Å². The fourth-order valence-corrected chi connectivity index (χ4v) is 2.76. The predicted molar refractivity (Wildman–Crippen MR) is 79.5 cm³/mol. The quantitative estimate of drug-likeness (QED) is 0.531. The zero-order valence-corrected chi connectivity index (χ0v) is 11.8. The summed E-state index contributed by atoms with van der Waals surface area (Å²) in [6, 6.07) is 16.3. The van der Waals surface area contributed by atoms with Gasteiger partial charge < -0.3 is 9.47 Å². The molecule has 1 aliphatic rings. The molecule has 3 aromatic carbocycles. The van der Waals surface area contributed by atoms with Gasteiger partial charge in [0.1, 0.15) is 0 Å². The Balaban J connectivity index is 1.99. The summed E-state index contributed by atoms with van der Waals surface area (Å²) in [6.07, 6.45) is -1.50. The first-order valence-electron chi connectivity index (χ1n) is 6.69. The van der Waals surface area contributed by atoms with Gasteiger partial charge in [0.15, 0.2) is 11.5 Å². The zero-order chi connectivity index (χ0) is 14.4. The first-order valence-corrected chi connectivity index (χ1v) is 6.69. The van der Waals surface area contributed by atoms with Gasteiger partial charge in [0.2, 0.25) is 0 Å². The number of hydrogen-bond acceptors (Lipinski definition) is 4. The van der Waals surface area contributed by atoms with Crippen LogP contribution < -0.4 is 9.47 Å². The highest BCUT2D eigenvalue weighted by molar-refractivity contribution is 6.10. The van der Waals surface area contributed by atoms with Crippen LogP contribution in [0.4, 0.5) is 0 Å². The van der Waals surface area contributed by atoms with Gasteiger partial charge in [0, 0.05) is 19.6 Å². The lowest BCUT2D eigenvalue weighted by Crippen LogP contribution is -2.42. The first-order chi connectivity index (χ1) is 10.3. The van der Waals surface area contributed by atoms with Crippen LogP contribution in [0.1, 0.15) is 0 Å². The minimum atomic E-state index is -1.50. The standard InChI is InChI=1S/C17H14O4/c1-18-17(19-2)20-15-10-9-13-12-6-4-3-5-11(12)7-8-14(13)16(15)21-17/h3-10H,1-2H3. The Bertz CT molecular complexity index is 837. The number of fused-ring (bicyclic) bond motifs is 5. The van der Waals surface area contributed by atoms with Crippen molar-refractivity contribution in [1.82, 2.24) is 0 Å². The van der Waals surface area contributed by atoms with E-state index >= 15 is 0 Å². The number of benzene rings is 3. The first kappa shape index (κ1) is 12.4. The number of rotatable bonds is 2. The van der Waals surface area contributed by atoms with E-state index in [2.05, 4.69) is 18.2 Å². The molecule has 0 amide bonds. The van der Waals surface area contributed by atoms with Crippen LogP contribution in [0.5, 0.6) is 11.5 Å². The van der Waals surface area contributed by atoms with E-state index in [0.29, 0.717) is 11.5 Å². The molecule has 0 saturated heterocycles. The molecule has 0 aromatic heterocycles. The summed E-state index contributed by atoms with van der Waals surface area (Å²) >= 11 is 0. The molecule has 0 bridgehead atoms. The molecule has 4 rings (SSSR count). The summed E-state index contributed by atoms with van der Waals surface area (Å²) in [5.41, 5.74) is 0.